The summed E-state index contributed by atoms with van der Waals surface area (Å²) < 4.78 is 0. The molecule has 2 aromatic rings. The zero-order chi connectivity index (χ0) is 15.0. The number of fused-ring (bicyclic) bond motifs is 1. The molecule has 0 spiro atoms. The van der Waals surface area contributed by atoms with Crippen LogP contribution in [0, 0.1) is 0 Å². The molecular weight excluding hydrogens is 266 g/mol. The third-order valence-electron chi connectivity index (χ3n) is 3.83. The summed E-state index contributed by atoms with van der Waals surface area (Å²) in [6.45, 7) is 2.20. The molecule has 1 amide bonds. The summed E-state index contributed by atoms with van der Waals surface area (Å²) in [6.07, 6.45) is 0. The van der Waals surface area contributed by atoms with Crippen molar-refractivity contribution >= 4 is 17.4 Å². The first-order chi connectivity index (χ1) is 10.1. The van der Waals surface area contributed by atoms with Crippen LogP contribution in [-0.2, 0) is 10.4 Å². The van der Waals surface area contributed by atoms with Gasteiger partial charge in [-0.25, -0.2) is 0 Å². The topological polar surface area (TPSA) is 57.6 Å². The lowest BCUT2D eigenvalue weighted by atomic mass is 9.81. The minimum atomic E-state index is -2.15. The molecule has 1 N–H and O–H groups in total. The molecular formula is C17H15NO3. The monoisotopic (exact) mass is 281 g/mol. The molecule has 106 valence electrons. The normalized spacial score (nSPS) is 21.3. The van der Waals surface area contributed by atoms with Crippen molar-refractivity contribution in [3.05, 3.63) is 65.7 Å². The van der Waals surface area contributed by atoms with Crippen LogP contribution in [0.4, 0.5) is 5.69 Å². The number of hydrogen-bond acceptors (Lipinski definition) is 3. The first-order valence-corrected chi connectivity index (χ1v) is 6.84. The number of rotatable bonds is 2. The fraction of sp³-hybridized carbons (Fsp3) is 0.176. The maximum Gasteiger partial charge on any atom is 0.271 e. The molecule has 0 fully saturated rings. The van der Waals surface area contributed by atoms with Crippen LogP contribution < -0.4 is 4.90 Å². The number of amides is 1. The van der Waals surface area contributed by atoms with Gasteiger partial charge in [0, 0.05) is 17.7 Å². The molecule has 21 heavy (non-hydrogen) atoms. The SMILES string of the molecule is CCN1C(=O)C(O)(c2ccccc2)C(=O)c2ccccc21. The molecule has 3 rings (SSSR count). The molecule has 4 nitrogen and oxygen atoms in total. The molecule has 4 heteroatoms. The highest BCUT2D eigenvalue weighted by molar-refractivity contribution is 6.27. The van der Waals surface area contributed by atoms with Crippen LogP contribution in [0.3, 0.4) is 0 Å². The van der Waals surface area contributed by atoms with Crippen LogP contribution in [0.1, 0.15) is 22.8 Å². The highest BCUT2D eigenvalue weighted by Gasteiger charge is 2.52. The molecule has 1 aliphatic heterocycles. The Kier molecular flexibility index (Phi) is 3.11. The van der Waals surface area contributed by atoms with E-state index < -0.39 is 17.3 Å². The van der Waals surface area contributed by atoms with E-state index in [0.29, 0.717) is 23.4 Å². The molecule has 1 atom stereocenters. The van der Waals surface area contributed by atoms with E-state index in [9.17, 15) is 14.7 Å². The standard InChI is InChI=1S/C17H15NO3/c1-2-18-14-11-7-6-10-13(14)15(19)17(21,16(18)20)12-8-4-3-5-9-12/h3-11,21H,2H2,1H3. The summed E-state index contributed by atoms with van der Waals surface area (Å²) in [6, 6.07) is 15.2. The van der Waals surface area contributed by atoms with E-state index in [4.69, 9.17) is 0 Å². The Morgan fingerprint density at radius 3 is 2.29 bits per heavy atom. The number of ketones is 1. The van der Waals surface area contributed by atoms with Gasteiger partial charge in [-0.2, -0.15) is 0 Å². The van der Waals surface area contributed by atoms with E-state index >= 15 is 0 Å². The van der Waals surface area contributed by atoms with E-state index in [-0.39, 0.29) is 0 Å². The maximum atomic E-state index is 12.7. The van der Waals surface area contributed by atoms with Crippen molar-refractivity contribution < 1.29 is 14.7 Å². The fourth-order valence-corrected chi connectivity index (χ4v) is 2.75. The summed E-state index contributed by atoms with van der Waals surface area (Å²) in [4.78, 5) is 26.9. The van der Waals surface area contributed by atoms with Crippen LogP contribution in [-0.4, -0.2) is 23.3 Å². The van der Waals surface area contributed by atoms with Crippen LogP contribution in [0.25, 0.3) is 0 Å². The smallest absolute Gasteiger partial charge is 0.271 e. The van der Waals surface area contributed by atoms with E-state index in [1.54, 1.807) is 54.6 Å². The molecule has 0 saturated heterocycles. The molecule has 0 bridgehead atoms. The molecule has 1 unspecified atom stereocenters. The number of anilines is 1. The Balaban J connectivity index is 2.25. The Bertz CT molecular complexity index is 711. The summed E-state index contributed by atoms with van der Waals surface area (Å²) >= 11 is 0. The highest BCUT2D eigenvalue weighted by Crippen LogP contribution is 2.38. The molecule has 0 aliphatic carbocycles. The second-order valence-electron chi connectivity index (χ2n) is 4.97. The van der Waals surface area contributed by atoms with Crippen LogP contribution >= 0.6 is 0 Å². The summed E-state index contributed by atoms with van der Waals surface area (Å²) in [5.41, 5.74) is -0.931. The van der Waals surface area contributed by atoms with Gasteiger partial charge in [-0.15, -0.1) is 0 Å². The second kappa shape index (κ2) is 4.82. The summed E-state index contributed by atoms with van der Waals surface area (Å²) in [7, 11) is 0. The van der Waals surface area contributed by atoms with Crippen molar-refractivity contribution in [2.45, 2.75) is 12.5 Å². The minimum Gasteiger partial charge on any atom is -0.369 e. The number of nitrogens with zero attached hydrogens (tertiary/aromatic N) is 1. The van der Waals surface area contributed by atoms with Crippen LogP contribution in [0.2, 0.25) is 0 Å². The highest BCUT2D eigenvalue weighted by atomic mass is 16.3. The molecule has 1 heterocycles. The largest absolute Gasteiger partial charge is 0.369 e. The number of likely N-dealkylation sites (N-methyl/N-ethyl adjacent to an activating group) is 1. The summed E-state index contributed by atoms with van der Waals surface area (Å²) in [5, 5.41) is 10.9. The van der Waals surface area contributed by atoms with E-state index in [2.05, 4.69) is 0 Å². The summed E-state index contributed by atoms with van der Waals surface area (Å²) in [5.74, 6) is -1.17. The van der Waals surface area contributed by atoms with Crippen molar-refractivity contribution in [1.82, 2.24) is 0 Å². The maximum absolute atomic E-state index is 12.7. The fourth-order valence-electron chi connectivity index (χ4n) is 2.75. The number of Topliss-reactive ketones (excluding diaryl/α,β-unsaturated/α-hetero) is 1. The lowest BCUT2D eigenvalue weighted by Gasteiger charge is -2.37. The number of benzene rings is 2. The van der Waals surface area contributed by atoms with E-state index in [1.807, 2.05) is 6.92 Å². The lowest BCUT2D eigenvalue weighted by molar-refractivity contribution is -0.133. The lowest BCUT2D eigenvalue weighted by Crippen LogP contribution is -2.56. The number of hydrogen-bond donors (Lipinski definition) is 1. The number of para-hydroxylation sites is 1. The van der Waals surface area contributed by atoms with Crippen molar-refractivity contribution in [1.29, 1.82) is 0 Å². The van der Waals surface area contributed by atoms with Gasteiger partial charge in [0.25, 0.3) is 5.91 Å². The van der Waals surface area contributed by atoms with Gasteiger partial charge in [0.1, 0.15) is 0 Å². The predicted molar refractivity (Wildman–Crippen MR) is 79.1 cm³/mol. The second-order valence-corrected chi connectivity index (χ2v) is 4.97. The van der Waals surface area contributed by atoms with Crippen LogP contribution in [0.15, 0.2) is 54.6 Å². The van der Waals surface area contributed by atoms with E-state index in [1.165, 1.54) is 4.90 Å². The zero-order valence-electron chi connectivity index (χ0n) is 11.6. The van der Waals surface area contributed by atoms with Gasteiger partial charge in [0.2, 0.25) is 11.4 Å². The molecule has 0 radical (unpaired) electrons. The number of carbonyl (C=O) groups is 2. The van der Waals surface area contributed by atoms with Gasteiger partial charge < -0.3 is 10.0 Å². The Labute approximate surface area is 122 Å². The Morgan fingerprint density at radius 2 is 1.62 bits per heavy atom. The third-order valence-corrected chi connectivity index (χ3v) is 3.83. The minimum absolute atomic E-state index is 0.299. The molecule has 1 aliphatic rings. The Hall–Kier alpha value is -2.46. The number of carbonyl (C=O) groups excluding carboxylic acids is 2. The molecule has 2 aromatic carbocycles. The first kappa shape index (κ1) is 13.5. The Morgan fingerprint density at radius 1 is 1.00 bits per heavy atom. The first-order valence-electron chi connectivity index (χ1n) is 6.84. The molecule has 0 aromatic heterocycles. The average molecular weight is 281 g/mol. The van der Waals surface area contributed by atoms with Crippen molar-refractivity contribution in [3.8, 4) is 0 Å². The predicted octanol–water partition coefficient (Wildman–Crippen LogP) is 2.12. The van der Waals surface area contributed by atoms with Crippen molar-refractivity contribution in [2.24, 2.45) is 0 Å². The van der Waals surface area contributed by atoms with Gasteiger partial charge in [-0.1, -0.05) is 42.5 Å². The quantitative estimate of drug-likeness (QED) is 0.858. The van der Waals surface area contributed by atoms with Crippen molar-refractivity contribution in [2.75, 3.05) is 11.4 Å². The van der Waals surface area contributed by atoms with Gasteiger partial charge in [-0.05, 0) is 19.1 Å². The van der Waals surface area contributed by atoms with Gasteiger partial charge >= 0.3 is 0 Å². The van der Waals surface area contributed by atoms with Crippen LogP contribution in [0.5, 0.6) is 0 Å². The zero-order valence-corrected chi connectivity index (χ0v) is 11.6. The van der Waals surface area contributed by atoms with Crippen molar-refractivity contribution in [3.63, 3.8) is 0 Å². The average Bonchev–Trinajstić information content (AvgIpc) is 2.54. The van der Waals surface area contributed by atoms with Gasteiger partial charge in [0.05, 0.1) is 5.69 Å². The van der Waals surface area contributed by atoms with E-state index in [0.717, 1.165) is 0 Å². The number of aliphatic hydroxyl groups is 1. The third kappa shape index (κ3) is 1.80. The van der Waals surface area contributed by atoms with Gasteiger partial charge in [-0.3, -0.25) is 9.59 Å². The molecule has 0 saturated carbocycles. The van der Waals surface area contributed by atoms with Gasteiger partial charge in [0.15, 0.2) is 0 Å².